The summed E-state index contributed by atoms with van der Waals surface area (Å²) in [6.07, 6.45) is 6.68. The van der Waals surface area contributed by atoms with E-state index in [0.717, 1.165) is 12.5 Å². The summed E-state index contributed by atoms with van der Waals surface area (Å²) >= 11 is 0. The summed E-state index contributed by atoms with van der Waals surface area (Å²) in [6.45, 7) is 3.01. The third kappa shape index (κ3) is 4.60. The standard InChI is InChI=1S/C10H20O3/c1-9(7-13-11)12-8-10-5-3-2-4-6-10/h9-11H,2-8H2,1H3. The van der Waals surface area contributed by atoms with E-state index in [9.17, 15) is 0 Å². The van der Waals surface area contributed by atoms with Crippen LogP contribution in [0.15, 0.2) is 0 Å². The van der Waals surface area contributed by atoms with Crippen LogP contribution >= 0.6 is 0 Å². The maximum Gasteiger partial charge on any atom is 0.108 e. The molecule has 0 heterocycles. The summed E-state index contributed by atoms with van der Waals surface area (Å²) in [7, 11) is 0. The van der Waals surface area contributed by atoms with Crippen LogP contribution in [-0.2, 0) is 9.62 Å². The van der Waals surface area contributed by atoms with Crippen molar-refractivity contribution in [3.05, 3.63) is 0 Å². The largest absolute Gasteiger partial charge is 0.376 e. The summed E-state index contributed by atoms with van der Waals surface area (Å²) in [5.41, 5.74) is 0. The number of ether oxygens (including phenoxy) is 1. The van der Waals surface area contributed by atoms with Crippen molar-refractivity contribution in [3.8, 4) is 0 Å². The van der Waals surface area contributed by atoms with Gasteiger partial charge in [-0.2, -0.15) is 0 Å². The van der Waals surface area contributed by atoms with Crippen LogP contribution < -0.4 is 0 Å². The topological polar surface area (TPSA) is 38.7 Å². The predicted molar refractivity (Wildman–Crippen MR) is 50.6 cm³/mol. The highest BCUT2D eigenvalue weighted by Gasteiger charge is 2.14. The first kappa shape index (κ1) is 11.0. The molecule has 0 aromatic carbocycles. The van der Waals surface area contributed by atoms with Gasteiger partial charge in [0.15, 0.2) is 0 Å². The van der Waals surface area contributed by atoms with Gasteiger partial charge in [0.1, 0.15) is 6.61 Å². The van der Waals surface area contributed by atoms with E-state index in [4.69, 9.17) is 9.99 Å². The first-order valence-corrected chi connectivity index (χ1v) is 5.21. The van der Waals surface area contributed by atoms with Gasteiger partial charge in [-0.25, -0.2) is 4.89 Å². The van der Waals surface area contributed by atoms with Gasteiger partial charge in [-0.3, -0.25) is 5.26 Å². The molecule has 1 N–H and O–H groups in total. The van der Waals surface area contributed by atoms with Crippen LogP contribution in [0, 0.1) is 5.92 Å². The van der Waals surface area contributed by atoms with Crippen LogP contribution in [0.25, 0.3) is 0 Å². The Morgan fingerprint density at radius 3 is 2.62 bits per heavy atom. The molecule has 0 radical (unpaired) electrons. The van der Waals surface area contributed by atoms with Crippen LogP contribution in [0.3, 0.4) is 0 Å². The number of hydrogen-bond donors (Lipinski definition) is 1. The molecule has 3 nitrogen and oxygen atoms in total. The van der Waals surface area contributed by atoms with E-state index in [1.54, 1.807) is 0 Å². The van der Waals surface area contributed by atoms with E-state index < -0.39 is 0 Å². The second-order valence-corrected chi connectivity index (χ2v) is 3.94. The monoisotopic (exact) mass is 188 g/mol. The Morgan fingerprint density at radius 1 is 1.31 bits per heavy atom. The second-order valence-electron chi connectivity index (χ2n) is 3.94. The van der Waals surface area contributed by atoms with Gasteiger partial charge in [0.25, 0.3) is 0 Å². The van der Waals surface area contributed by atoms with Crippen LogP contribution in [0.5, 0.6) is 0 Å². The van der Waals surface area contributed by atoms with Crippen molar-refractivity contribution in [3.63, 3.8) is 0 Å². The first-order chi connectivity index (χ1) is 6.33. The Kier molecular flexibility index (Phi) is 5.35. The minimum absolute atomic E-state index is 0.00641. The molecular formula is C10H20O3. The van der Waals surface area contributed by atoms with Crippen molar-refractivity contribution in [2.24, 2.45) is 5.92 Å². The van der Waals surface area contributed by atoms with Crippen molar-refractivity contribution in [2.45, 2.75) is 45.1 Å². The lowest BCUT2D eigenvalue weighted by Gasteiger charge is -2.22. The molecule has 0 saturated heterocycles. The first-order valence-electron chi connectivity index (χ1n) is 5.21. The van der Waals surface area contributed by atoms with E-state index in [-0.39, 0.29) is 12.7 Å². The molecule has 0 aromatic rings. The third-order valence-corrected chi connectivity index (χ3v) is 2.65. The highest BCUT2D eigenvalue weighted by molar-refractivity contribution is 4.65. The summed E-state index contributed by atoms with van der Waals surface area (Å²) in [4.78, 5) is 4.02. The molecule has 1 fully saturated rings. The van der Waals surface area contributed by atoms with Crippen LogP contribution in [0.2, 0.25) is 0 Å². The highest BCUT2D eigenvalue weighted by Crippen LogP contribution is 2.23. The summed E-state index contributed by atoms with van der Waals surface area (Å²) in [5.74, 6) is 0.731. The predicted octanol–water partition coefficient (Wildman–Crippen LogP) is 2.46. The fourth-order valence-corrected chi connectivity index (χ4v) is 1.81. The minimum Gasteiger partial charge on any atom is -0.376 e. The lowest BCUT2D eigenvalue weighted by molar-refractivity contribution is -0.259. The van der Waals surface area contributed by atoms with Gasteiger partial charge in [0, 0.05) is 6.61 Å². The fraction of sp³-hybridized carbons (Fsp3) is 1.00. The highest BCUT2D eigenvalue weighted by atomic mass is 17.1. The normalized spacial score (nSPS) is 21.7. The molecule has 78 valence electrons. The zero-order valence-corrected chi connectivity index (χ0v) is 8.37. The van der Waals surface area contributed by atoms with Crippen molar-refractivity contribution >= 4 is 0 Å². The lowest BCUT2D eigenvalue weighted by Crippen LogP contribution is -2.21. The molecule has 0 bridgehead atoms. The lowest BCUT2D eigenvalue weighted by atomic mass is 9.90. The zero-order chi connectivity index (χ0) is 9.52. The molecule has 0 aliphatic heterocycles. The Hall–Kier alpha value is -0.120. The van der Waals surface area contributed by atoms with Gasteiger partial charge in [-0.15, -0.1) is 0 Å². The molecule has 0 spiro atoms. The molecule has 0 amide bonds. The van der Waals surface area contributed by atoms with Crippen molar-refractivity contribution in [2.75, 3.05) is 13.2 Å². The fourth-order valence-electron chi connectivity index (χ4n) is 1.81. The molecular weight excluding hydrogens is 168 g/mol. The Labute approximate surface area is 80.0 Å². The van der Waals surface area contributed by atoms with Gasteiger partial charge in [-0.05, 0) is 25.7 Å². The Balaban J connectivity index is 2.03. The smallest absolute Gasteiger partial charge is 0.108 e. The Morgan fingerprint density at radius 2 is 2.00 bits per heavy atom. The summed E-state index contributed by atoms with van der Waals surface area (Å²) in [5, 5.41) is 8.19. The van der Waals surface area contributed by atoms with E-state index >= 15 is 0 Å². The molecule has 1 aliphatic carbocycles. The van der Waals surface area contributed by atoms with Gasteiger partial charge < -0.3 is 4.74 Å². The SMILES string of the molecule is CC(COO)OCC1CCCCC1. The molecule has 1 unspecified atom stereocenters. The maximum atomic E-state index is 8.19. The van der Waals surface area contributed by atoms with Gasteiger partial charge in [0.05, 0.1) is 6.10 Å². The molecule has 3 heteroatoms. The number of rotatable bonds is 5. The second kappa shape index (κ2) is 6.35. The molecule has 1 saturated carbocycles. The van der Waals surface area contributed by atoms with Gasteiger partial charge in [0.2, 0.25) is 0 Å². The summed E-state index contributed by atoms with van der Waals surface area (Å²) < 4.78 is 5.54. The van der Waals surface area contributed by atoms with Crippen LogP contribution in [0.1, 0.15) is 39.0 Å². The molecule has 1 atom stereocenters. The van der Waals surface area contributed by atoms with E-state index in [1.165, 1.54) is 32.1 Å². The minimum atomic E-state index is 0.00641. The molecule has 1 rings (SSSR count). The quantitative estimate of drug-likeness (QED) is 0.532. The van der Waals surface area contributed by atoms with Crippen LogP contribution in [0.4, 0.5) is 0 Å². The van der Waals surface area contributed by atoms with Gasteiger partial charge in [-0.1, -0.05) is 19.3 Å². The molecule has 1 aliphatic rings. The van der Waals surface area contributed by atoms with E-state index in [0.29, 0.717) is 0 Å². The maximum absolute atomic E-state index is 8.19. The van der Waals surface area contributed by atoms with Crippen molar-refractivity contribution < 1.29 is 14.9 Å². The van der Waals surface area contributed by atoms with Crippen molar-refractivity contribution in [1.82, 2.24) is 0 Å². The van der Waals surface area contributed by atoms with E-state index in [2.05, 4.69) is 4.89 Å². The van der Waals surface area contributed by atoms with E-state index in [1.807, 2.05) is 6.92 Å². The third-order valence-electron chi connectivity index (χ3n) is 2.65. The molecule has 13 heavy (non-hydrogen) atoms. The average Bonchev–Trinajstić information content (AvgIpc) is 2.17. The molecule has 0 aromatic heterocycles. The van der Waals surface area contributed by atoms with Crippen LogP contribution in [-0.4, -0.2) is 24.6 Å². The zero-order valence-electron chi connectivity index (χ0n) is 8.37. The Bertz CT molecular complexity index is 121. The van der Waals surface area contributed by atoms with Crippen molar-refractivity contribution in [1.29, 1.82) is 0 Å². The van der Waals surface area contributed by atoms with Gasteiger partial charge >= 0.3 is 0 Å². The summed E-state index contributed by atoms with van der Waals surface area (Å²) in [6, 6.07) is 0. The number of hydrogen-bond acceptors (Lipinski definition) is 3. The average molecular weight is 188 g/mol.